The molecular formula is C30H28N2O5. The molecule has 3 aromatic carbocycles. The Labute approximate surface area is 214 Å². The van der Waals surface area contributed by atoms with E-state index in [0.29, 0.717) is 42.2 Å². The van der Waals surface area contributed by atoms with Crippen LogP contribution in [0.3, 0.4) is 0 Å². The van der Waals surface area contributed by atoms with Crippen molar-refractivity contribution in [2.24, 2.45) is 0 Å². The van der Waals surface area contributed by atoms with Crippen LogP contribution in [0.1, 0.15) is 29.7 Å². The number of likely N-dealkylation sites (tertiary alicyclic amines) is 1. The fourth-order valence-electron chi connectivity index (χ4n) is 4.85. The van der Waals surface area contributed by atoms with Crippen LogP contribution in [0.4, 0.5) is 0 Å². The summed E-state index contributed by atoms with van der Waals surface area (Å²) in [6.45, 7) is 2.72. The number of hydrogen-bond donors (Lipinski definition) is 2. The minimum atomic E-state index is -0.734. The van der Waals surface area contributed by atoms with E-state index < -0.39 is 17.7 Å². The third-order valence-corrected chi connectivity index (χ3v) is 6.71. The second kappa shape index (κ2) is 10.2. The highest BCUT2D eigenvalue weighted by Gasteiger charge is 2.45. The van der Waals surface area contributed by atoms with Crippen LogP contribution in [-0.4, -0.2) is 46.9 Å². The molecule has 0 spiro atoms. The minimum Gasteiger partial charge on any atom is -0.507 e. The van der Waals surface area contributed by atoms with Crippen LogP contribution in [-0.2, 0) is 16.0 Å². The molecule has 4 aromatic rings. The summed E-state index contributed by atoms with van der Waals surface area (Å²) in [4.78, 5) is 31.4. The lowest BCUT2D eigenvalue weighted by Crippen LogP contribution is -2.31. The number of rotatable bonds is 8. The highest BCUT2D eigenvalue weighted by Crippen LogP contribution is 2.40. The zero-order chi connectivity index (χ0) is 25.9. The van der Waals surface area contributed by atoms with E-state index in [-0.39, 0.29) is 11.3 Å². The Balaban J connectivity index is 1.54. The number of para-hydroxylation sites is 1. The first-order valence-electron chi connectivity index (χ1n) is 12.2. The van der Waals surface area contributed by atoms with E-state index in [1.165, 1.54) is 0 Å². The van der Waals surface area contributed by atoms with Gasteiger partial charge in [0.05, 0.1) is 25.3 Å². The molecule has 1 aliphatic heterocycles. The molecule has 0 radical (unpaired) electrons. The molecule has 1 saturated heterocycles. The van der Waals surface area contributed by atoms with Crippen molar-refractivity contribution < 1.29 is 24.2 Å². The summed E-state index contributed by atoms with van der Waals surface area (Å²) in [7, 11) is 1.58. The van der Waals surface area contributed by atoms with Crippen LogP contribution in [0.2, 0.25) is 0 Å². The van der Waals surface area contributed by atoms with Crippen molar-refractivity contribution in [1.29, 1.82) is 0 Å². The second-order valence-electron chi connectivity index (χ2n) is 8.83. The van der Waals surface area contributed by atoms with Crippen LogP contribution >= 0.6 is 0 Å². The molecule has 2 heterocycles. The zero-order valence-corrected chi connectivity index (χ0v) is 20.7. The van der Waals surface area contributed by atoms with Gasteiger partial charge >= 0.3 is 0 Å². The number of Topliss-reactive ketones (excluding diaryl/α,β-unsaturated/α-hetero) is 1. The maximum Gasteiger partial charge on any atom is 0.295 e. The van der Waals surface area contributed by atoms with Gasteiger partial charge in [-0.15, -0.1) is 0 Å². The van der Waals surface area contributed by atoms with Crippen LogP contribution in [0, 0.1) is 0 Å². The van der Waals surface area contributed by atoms with Crippen molar-refractivity contribution in [2.45, 2.75) is 19.4 Å². The summed E-state index contributed by atoms with van der Waals surface area (Å²) in [5.41, 5.74) is 3.29. The Hall–Kier alpha value is -4.52. The molecule has 1 amide bonds. The average molecular weight is 497 g/mol. The number of aliphatic hydroxyl groups excluding tert-OH is 1. The molecule has 1 fully saturated rings. The van der Waals surface area contributed by atoms with Gasteiger partial charge in [0, 0.05) is 29.2 Å². The average Bonchev–Trinajstić information content (AvgIpc) is 3.46. The van der Waals surface area contributed by atoms with Gasteiger partial charge in [0.2, 0.25) is 0 Å². The summed E-state index contributed by atoms with van der Waals surface area (Å²) < 4.78 is 10.8. The summed E-state index contributed by atoms with van der Waals surface area (Å²) in [5, 5.41) is 12.4. The number of ketones is 1. The van der Waals surface area contributed by atoms with E-state index in [9.17, 15) is 14.7 Å². The number of aliphatic hydroxyl groups is 1. The normalized spacial score (nSPS) is 16.9. The molecule has 1 unspecified atom stereocenters. The molecule has 2 N–H and O–H groups in total. The minimum absolute atomic E-state index is 0.0678. The first-order valence-corrected chi connectivity index (χ1v) is 12.2. The Kier molecular flexibility index (Phi) is 6.68. The first kappa shape index (κ1) is 24.2. The number of carbonyl (C=O) groups excluding carboxylic acids is 2. The Morgan fingerprint density at radius 2 is 1.68 bits per heavy atom. The van der Waals surface area contributed by atoms with Gasteiger partial charge in [0.1, 0.15) is 17.3 Å². The fourth-order valence-corrected chi connectivity index (χ4v) is 4.85. The molecule has 188 valence electrons. The number of carbonyl (C=O) groups is 2. The summed E-state index contributed by atoms with van der Waals surface area (Å²) in [6, 6.07) is 21.3. The number of aromatic amines is 1. The quantitative estimate of drug-likeness (QED) is 0.198. The number of methoxy groups -OCH3 is 1. The lowest BCUT2D eigenvalue weighted by Gasteiger charge is -2.25. The summed E-state index contributed by atoms with van der Waals surface area (Å²) in [5.74, 6) is -0.230. The van der Waals surface area contributed by atoms with Crippen molar-refractivity contribution in [3.63, 3.8) is 0 Å². The number of ether oxygens (including phenoxy) is 2. The molecule has 37 heavy (non-hydrogen) atoms. The smallest absolute Gasteiger partial charge is 0.295 e. The SMILES string of the molecule is CCOc1ccc(C(O)=C2C(=O)C(=O)N(CCc3c[nH]c4ccccc34)C2c2ccc(OC)cc2)cc1. The highest BCUT2D eigenvalue weighted by molar-refractivity contribution is 6.46. The van der Waals surface area contributed by atoms with Crippen molar-refractivity contribution in [2.75, 3.05) is 20.3 Å². The Bertz CT molecular complexity index is 1470. The monoisotopic (exact) mass is 496 g/mol. The maximum atomic E-state index is 13.3. The predicted molar refractivity (Wildman–Crippen MR) is 142 cm³/mol. The van der Waals surface area contributed by atoms with Crippen LogP contribution in [0.15, 0.2) is 84.6 Å². The van der Waals surface area contributed by atoms with Crippen molar-refractivity contribution >= 4 is 28.4 Å². The van der Waals surface area contributed by atoms with E-state index in [1.807, 2.05) is 49.5 Å². The first-order chi connectivity index (χ1) is 18.0. The van der Waals surface area contributed by atoms with Gasteiger partial charge in [-0.1, -0.05) is 30.3 Å². The molecule has 1 aromatic heterocycles. The number of H-pyrrole nitrogens is 1. The Morgan fingerprint density at radius 1 is 0.973 bits per heavy atom. The number of hydrogen-bond acceptors (Lipinski definition) is 5. The lowest BCUT2D eigenvalue weighted by molar-refractivity contribution is -0.139. The largest absolute Gasteiger partial charge is 0.507 e. The van der Waals surface area contributed by atoms with E-state index >= 15 is 0 Å². The van der Waals surface area contributed by atoms with Gasteiger partial charge < -0.3 is 24.5 Å². The lowest BCUT2D eigenvalue weighted by atomic mass is 9.95. The van der Waals surface area contributed by atoms with Gasteiger partial charge in [-0.2, -0.15) is 0 Å². The number of nitrogens with one attached hydrogen (secondary N) is 1. The molecule has 0 aliphatic carbocycles. The summed E-state index contributed by atoms with van der Waals surface area (Å²) >= 11 is 0. The third kappa shape index (κ3) is 4.56. The van der Waals surface area contributed by atoms with Gasteiger partial charge in [-0.25, -0.2) is 0 Å². The molecule has 1 aliphatic rings. The van der Waals surface area contributed by atoms with E-state index in [2.05, 4.69) is 4.98 Å². The van der Waals surface area contributed by atoms with Gasteiger partial charge in [0.25, 0.3) is 11.7 Å². The predicted octanol–water partition coefficient (Wildman–Crippen LogP) is 5.24. The molecule has 0 bridgehead atoms. The number of benzene rings is 3. The second-order valence-corrected chi connectivity index (χ2v) is 8.83. The van der Waals surface area contributed by atoms with Crippen LogP contribution < -0.4 is 9.47 Å². The van der Waals surface area contributed by atoms with Crippen molar-refractivity contribution in [3.05, 3.63) is 101 Å². The van der Waals surface area contributed by atoms with Gasteiger partial charge in [-0.05, 0) is 66.9 Å². The zero-order valence-electron chi connectivity index (χ0n) is 20.7. The highest BCUT2D eigenvalue weighted by atomic mass is 16.5. The van der Waals surface area contributed by atoms with Gasteiger partial charge in [-0.3, -0.25) is 9.59 Å². The van der Waals surface area contributed by atoms with Crippen molar-refractivity contribution in [3.8, 4) is 11.5 Å². The van der Waals surface area contributed by atoms with E-state index in [0.717, 1.165) is 16.5 Å². The summed E-state index contributed by atoms with van der Waals surface area (Å²) in [6.07, 6.45) is 2.48. The number of nitrogens with zero attached hydrogens (tertiary/aromatic N) is 1. The third-order valence-electron chi connectivity index (χ3n) is 6.71. The molecule has 1 atom stereocenters. The Morgan fingerprint density at radius 3 is 2.38 bits per heavy atom. The number of amides is 1. The fraction of sp³-hybridized carbons (Fsp3) is 0.200. The number of fused-ring (bicyclic) bond motifs is 1. The standard InChI is InChI=1S/C30H28N2O5/c1-3-37-23-14-10-20(11-15-23)28(33)26-27(19-8-12-22(36-2)13-9-19)32(30(35)29(26)34)17-16-21-18-31-25-7-5-4-6-24(21)25/h4-15,18,27,31,33H,3,16-17H2,1-2H3. The topological polar surface area (TPSA) is 91.9 Å². The molecule has 5 rings (SSSR count). The van der Waals surface area contributed by atoms with Gasteiger partial charge in [0.15, 0.2) is 0 Å². The van der Waals surface area contributed by atoms with E-state index in [1.54, 1.807) is 48.4 Å². The molecule has 7 nitrogen and oxygen atoms in total. The van der Waals surface area contributed by atoms with Crippen LogP contribution in [0.25, 0.3) is 16.7 Å². The molecular weight excluding hydrogens is 468 g/mol. The van der Waals surface area contributed by atoms with Crippen LogP contribution in [0.5, 0.6) is 11.5 Å². The molecule has 7 heteroatoms. The maximum absolute atomic E-state index is 13.3. The molecule has 0 saturated carbocycles. The van der Waals surface area contributed by atoms with E-state index in [4.69, 9.17) is 9.47 Å². The van der Waals surface area contributed by atoms with Crippen molar-refractivity contribution in [1.82, 2.24) is 9.88 Å². The number of aromatic nitrogens is 1.